The minimum Gasteiger partial charge on any atom is -0.489 e. The van der Waals surface area contributed by atoms with Gasteiger partial charge in [0.25, 0.3) is 5.91 Å². The molecular formula is C25H26N2O2. The molecule has 0 heterocycles. The highest BCUT2D eigenvalue weighted by Gasteiger charge is 2.14. The van der Waals surface area contributed by atoms with Crippen molar-refractivity contribution in [3.05, 3.63) is 101 Å². The number of benzene rings is 3. The molecule has 0 aliphatic heterocycles. The topological polar surface area (TPSA) is 50.7 Å². The molecule has 3 rings (SSSR count). The monoisotopic (exact) mass is 386 g/mol. The second-order valence-electron chi connectivity index (χ2n) is 7.87. The lowest BCUT2D eigenvalue weighted by Gasteiger charge is -2.18. The average molecular weight is 386 g/mol. The van der Waals surface area contributed by atoms with E-state index in [-0.39, 0.29) is 11.3 Å². The van der Waals surface area contributed by atoms with Gasteiger partial charge in [-0.1, -0.05) is 75.4 Å². The molecule has 4 heteroatoms. The van der Waals surface area contributed by atoms with Gasteiger partial charge in [-0.15, -0.1) is 0 Å². The van der Waals surface area contributed by atoms with Crippen LogP contribution in [0.25, 0.3) is 0 Å². The third-order valence-corrected chi connectivity index (χ3v) is 4.50. The molecule has 0 bridgehead atoms. The number of carbonyl (C=O) groups is 1. The van der Waals surface area contributed by atoms with Gasteiger partial charge in [-0.05, 0) is 46.4 Å². The van der Waals surface area contributed by atoms with Crippen LogP contribution in [-0.4, -0.2) is 12.1 Å². The second kappa shape index (κ2) is 9.20. The normalized spacial score (nSPS) is 11.4. The van der Waals surface area contributed by atoms with Crippen LogP contribution in [-0.2, 0) is 12.0 Å². The fourth-order valence-corrected chi connectivity index (χ4v) is 2.78. The van der Waals surface area contributed by atoms with E-state index < -0.39 is 0 Å². The minimum absolute atomic E-state index is 0.0563. The maximum absolute atomic E-state index is 12.3. The number of nitrogens with zero attached hydrogens (tertiary/aromatic N) is 1. The van der Waals surface area contributed by atoms with E-state index in [0.29, 0.717) is 12.2 Å². The molecule has 148 valence electrons. The number of ether oxygens (including phenoxy) is 1. The second-order valence-corrected chi connectivity index (χ2v) is 7.87. The number of hydrogen-bond acceptors (Lipinski definition) is 3. The maximum atomic E-state index is 12.3. The molecule has 1 N–H and O–H groups in total. The van der Waals surface area contributed by atoms with E-state index >= 15 is 0 Å². The van der Waals surface area contributed by atoms with E-state index in [2.05, 4.69) is 31.3 Å². The Labute approximate surface area is 172 Å². The van der Waals surface area contributed by atoms with E-state index in [1.807, 2.05) is 78.9 Å². The molecule has 0 saturated heterocycles. The van der Waals surface area contributed by atoms with Crippen molar-refractivity contribution in [3.63, 3.8) is 0 Å². The first-order valence-electron chi connectivity index (χ1n) is 9.62. The third-order valence-electron chi connectivity index (χ3n) is 4.50. The molecule has 0 aromatic heterocycles. The summed E-state index contributed by atoms with van der Waals surface area (Å²) >= 11 is 0. The summed E-state index contributed by atoms with van der Waals surface area (Å²) in [6.45, 7) is 6.93. The van der Waals surface area contributed by atoms with E-state index in [9.17, 15) is 4.79 Å². The van der Waals surface area contributed by atoms with Gasteiger partial charge >= 0.3 is 0 Å². The predicted octanol–water partition coefficient (Wildman–Crippen LogP) is 5.33. The Morgan fingerprint density at radius 2 is 1.69 bits per heavy atom. The maximum Gasteiger partial charge on any atom is 0.271 e. The summed E-state index contributed by atoms with van der Waals surface area (Å²) in [7, 11) is 0. The Kier molecular flexibility index (Phi) is 6.45. The zero-order chi connectivity index (χ0) is 20.7. The van der Waals surface area contributed by atoms with Gasteiger partial charge in [0.1, 0.15) is 12.4 Å². The molecule has 0 spiro atoms. The number of carbonyl (C=O) groups excluding carboxylic acids is 1. The van der Waals surface area contributed by atoms with E-state index in [0.717, 1.165) is 16.9 Å². The fraction of sp³-hybridized carbons (Fsp3) is 0.200. The summed E-state index contributed by atoms with van der Waals surface area (Å²) in [6.07, 6.45) is 1.61. The lowest BCUT2D eigenvalue weighted by Crippen LogP contribution is -2.18. The van der Waals surface area contributed by atoms with Crippen molar-refractivity contribution < 1.29 is 9.53 Å². The van der Waals surface area contributed by atoms with E-state index in [1.165, 1.54) is 5.56 Å². The number of nitrogens with one attached hydrogen (secondary N) is 1. The quantitative estimate of drug-likeness (QED) is 0.460. The molecule has 0 radical (unpaired) electrons. The van der Waals surface area contributed by atoms with Gasteiger partial charge in [-0.2, -0.15) is 5.10 Å². The molecule has 3 aromatic carbocycles. The summed E-state index contributed by atoms with van der Waals surface area (Å²) < 4.78 is 5.82. The van der Waals surface area contributed by atoms with Crippen LogP contribution in [0.3, 0.4) is 0 Å². The van der Waals surface area contributed by atoms with Gasteiger partial charge in [0.2, 0.25) is 0 Å². The summed E-state index contributed by atoms with van der Waals surface area (Å²) in [6, 6.07) is 25.2. The zero-order valence-electron chi connectivity index (χ0n) is 17.1. The van der Waals surface area contributed by atoms with Crippen LogP contribution >= 0.6 is 0 Å². The number of hydrogen-bond donors (Lipinski definition) is 1. The zero-order valence-corrected chi connectivity index (χ0v) is 17.1. The molecular weight excluding hydrogens is 360 g/mol. The SMILES string of the molecule is CC(C)(C)c1ccc(C(=O)N/N=C/c2cccc(OCc3ccccc3)c2)cc1. The highest BCUT2D eigenvalue weighted by atomic mass is 16.5. The van der Waals surface area contributed by atoms with Crippen LogP contribution in [0.4, 0.5) is 0 Å². The van der Waals surface area contributed by atoms with E-state index in [1.54, 1.807) is 6.21 Å². The molecule has 4 nitrogen and oxygen atoms in total. The first kappa shape index (κ1) is 20.3. The molecule has 29 heavy (non-hydrogen) atoms. The molecule has 3 aromatic rings. The average Bonchev–Trinajstić information content (AvgIpc) is 2.73. The Balaban J connectivity index is 1.56. The molecule has 0 atom stereocenters. The smallest absolute Gasteiger partial charge is 0.271 e. The van der Waals surface area contributed by atoms with Gasteiger partial charge in [0, 0.05) is 5.56 Å². The Hall–Kier alpha value is -3.40. The van der Waals surface area contributed by atoms with Gasteiger partial charge in [0.15, 0.2) is 0 Å². The van der Waals surface area contributed by atoms with Crippen LogP contribution in [0.2, 0.25) is 0 Å². The predicted molar refractivity (Wildman–Crippen MR) is 117 cm³/mol. The van der Waals surface area contributed by atoms with Crippen molar-refractivity contribution in [3.8, 4) is 5.75 Å². The van der Waals surface area contributed by atoms with Crippen molar-refractivity contribution in [2.75, 3.05) is 0 Å². The Bertz CT molecular complexity index is 972. The van der Waals surface area contributed by atoms with E-state index in [4.69, 9.17) is 4.74 Å². The largest absolute Gasteiger partial charge is 0.489 e. The number of rotatable bonds is 6. The molecule has 1 amide bonds. The van der Waals surface area contributed by atoms with Gasteiger partial charge in [-0.25, -0.2) is 5.43 Å². The Morgan fingerprint density at radius 1 is 0.966 bits per heavy atom. The first-order chi connectivity index (χ1) is 13.9. The van der Waals surface area contributed by atoms with Crippen LogP contribution < -0.4 is 10.2 Å². The highest BCUT2D eigenvalue weighted by molar-refractivity contribution is 5.94. The standard InChI is InChI=1S/C25H26N2O2/c1-25(2,3)22-14-12-21(13-15-22)24(28)27-26-17-20-10-7-11-23(16-20)29-18-19-8-5-4-6-9-19/h4-17H,18H2,1-3H3,(H,27,28)/b26-17+. The van der Waals surface area contributed by atoms with Gasteiger partial charge < -0.3 is 4.74 Å². The van der Waals surface area contributed by atoms with Crippen LogP contribution in [0.15, 0.2) is 84.0 Å². The third kappa shape index (κ3) is 6.04. The lowest BCUT2D eigenvalue weighted by atomic mass is 9.87. The van der Waals surface area contributed by atoms with Crippen LogP contribution in [0.1, 0.15) is 47.8 Å². The number of amides is 1. The summed E-state index contributed by atoms with van der Waals surface area (Å²) in [5.74, 6) is 0.514. The Morgan fingerprint density at radius 3 is 2.38 bits per heavy atom. The lowest BCUT2D eigenvalue weighted by molar-refractivity contribution is 0.0955. The van der Waals surface area contributed by atoms with Crippen LogP contribution in [0, 0.1) is 0 Å². The summed E-state index contributed by atoms with van der Waals surface area (Å²) in [5, 5.41) is 4.07. The highest BCUT2D eigenvalue weighted by Crippen LogP contribution is 2.22. The summed E-state index contributed by atoms with van der Waals surface area (Å²) in [5.41, 5.74) is 6.35. The molecule has 0 saturated carbocycles. The van der Waals surface area contributed by atoms with Crippen molar-refractivity contribution >= 4 is 12.1 Å². The summed E-state index contributed by atoms with van der Waals surface area (Å²) in [4.78, 5) is 12.3. The number of hydrazone groups is 1. The van der Waals surface area contributed by atoms with Gasteiger partial charge in [0.05, 0.1) is 6.21 Å². The van der Waals surface area contributed by atoms with Crippen molar-refractivity contribution in [2.45, 2.75) is 32.8 Å². The molecule has 0 aliphatic rings. The fourth-order valence-electron chi connectivity index (χ4n) is 2.78. The van der Waals surface area contributed by atoms with Crippen molar-refractivity contribution in [1.29, 1.82) is 0 Å². The minimum atomic E-state index is -0.238. The first-order valence-corrected chi connectivity index (χ1v) is 9.62. The van der Waals surface area contributed by atoms with Gasteiger partial charge in [-0.3, -0.25) is 4.79 Å². The molecule has 0 aliphatic carbocycles. The van der Waals surface area contributed by atoms with Crippen molar-refractivity contribution in [2.24, 2.45) is 5.10 Å². The molecule has 0 fully saturated rings. The van der Waals surface area contributed by atoms with Crippen molar-refractivity contribution in [1.82, 2.24) is 5.43 Å². The van der Waals surface area contributed by atoms with Crippen LogP contribution in [0.5, 0.6) is 5.75 Å². The molecule has 0 unspecified atom stereocenters.